The largest absolute Gasteiger partial charge is 0.348 e. The van der Waals surface area contributed by atoms with Gasteiger partial charge in [0.15, 0.2) is 0 Å². The Kier molecular flexibility index (Phi) is 4.86. The van der Waals surface area contributed by atoms with Crippen LogP contribution < -0.4 is 10.6 Å². The van der Waals surface area contributed by atoms with Crippen LogP contribution in [0.4, 0.5) is 4.79 Å². The van der Waals surface area contributed by atoms with Crippen LogP contribution in [-0.2, 0) is 9.59 Å². The van der Waals surface area contributed by atoms with Gasteiger partial charge in [-0.25, -0.2) is 4.79 Å². The second-order valence-corrected chi connectivity index (χ2v) is 8.08. The van der Waals surface area contributed by atoms with Crippen molar-refractivity contribution in [3.8, 4) is 11.1 Å². The lowest BCUT2D eigenvalue weighted by Crippen LogP contribution is -2.47. The van der Waals surface area contributed by atoms with Gasteiger partial charge in [0.2, 0.25) is 5.91 Å². The summed E-state index contributed by atoms with van der Waals surface area (Å²) in [6.07, 6.45) is 1.86. The molecule has 29 heavy (non-hydrogen) atoms. The Hall–Kier alpha value is -3.15. The molecule has 2 aromatic rings. The van der Waals surface area contributed by atoms with Crippen LogP contribution >= 0.6 is 0 Å². The molecule has 2 aromatic carbocycles. The molecule has 2 N–H and O–H groups in total. The highest BCUT2D eigenvalue weighted by molar-refractivity contribution is 6.09. The summed E-state index contributed by atoms with van der Waals surface area (Å²) in [6, 6.07) is 17.3. The summed E-state index contributed by atoms with van der Waals surface area (Å²) < 4.78 is 0. The van der Waals surface area contributed by atoms with E-state index in [0.717, 1.165) is 34.4 Å². The van der Waals surface area contributed by atoms with Gasteiger partial charge in [0.25, 0.3) is 5.91 Å². The van der Waals surface area contributed by atoms with Gasteiger partial charge in [0.1, 0.15) is 12.1 Å². The quantitative estimate of drug-likeness (QED) is 0.742. The summed E-state index contributed by atoms with van der Waals surface area (Å²) in [5.41, 5.74) is 2.33. The van der Waals surface area contributed by atoms with Gasteiger partial charge in [-0.15, -0.1) is 0 Å². The molecule has 4 amide bonds. The van der Waals surface area contributed by atoms with Crippen molar-refractivity contribution in [3.63, 3.8) is 0 Å². The smallest absolute Gasteiger partial charge is 0.325 e. The molecule has 0 spiro atoms. The first-order valence-corrected chi connectivity index (χ1v) is 9.97. The number of imide groups is 1. The molecule has 2 aliphatic rings. The predicted molar refractivity (Wildman–Crippen MR) is 110 cm³/mol. The predicted octanol–water partition coefficient (Wildman–Crippen LogP) is 3.25. The van der Waals surface area contributed by atoms with E-state index in [0.29, 0.717) is 0 Å². The molecular weight excluding hydrogens is 366 g/mol. The highest BCUT2D eigenvalue weighted by Crippen LogP contribution is 2.42. The van der Waals surface area contributed by atoms with E-state index in [-0.39, 0.29) is 30.3 Å². The first-order chi connectivity index (χ1) is 13.9. The molecular formula is C23H25N3O3. The van der Waals surface area contributed by atoms with Gasteiger partial charge in [-0.3, -0.25) is 14.5 Å². The number of benzene rings is 2. The van der Waals surface area contributed by atoms with Crippen LogP contribution in [0.3, 0.4) is 0 Å². The van der Waals surface area contributed by atoms with Crippen molar-refractivity contribution in [3.05, 3.63) is 60.2 Å². The first-order valence-electron chi connectivity index (χ1n) is 9.97. The fourth-order valence-corrected chi connectivity index (χ4v) is 3.91. The van der Waals surface area contributed by atoms with E-state index in [1.165, 1.54) is 0 Å². The van der Waals surface area contributed by atoms with Crippen molar-refractivity contribution in [1.29, 1.82) is 0 Å². The van der Waals surface area contributed by atoms with Crippen molar-refractivity contribution in [1.82, 2.24) is 15.5 Å². The fraction of sp³-hybridized carbons (Fsp3) is 0.348. The highest BCUT2D eigenvalue weighted by Gasteiger charge is 2.56. The van der Waals surface area contributed by atoms with Crippen LogP contribution in [0, 0.1) is 5.92 Å². The lowest BCUT2D eigenvalue weighted by Gasteiger charge is -2.21. The molecule has 1 aliphatic carbocycles. The Morgan fingerprint density at radius 3 is 2.34 bits per heavy atom. The minimum atomic E-state index is -0.865. The van der Waals surface area contributed by atoms with Gasteiger partial charge in [0, 0.05) is 0 Å². The number of carbonyl (C=O) groups is 3. The molecule has 2 atom stereocenters. The van der Waals surface area contributed by atoms with Crippen LogP contribution in [0.15, 0.2) is 54.6 Å². The maximum absolute atomic E-state index is 12.6. The van der Waals surface area contributed by atoms with Crippen molar-refractivity contribution in [2.24, 2.45) is 5.92 Å². The zero-order valence-electron chi connectivity index (χ0n) is 16.6. The molecule has 6 heteroatoms. The molecule has 0 bridgehead atoms. The van der Waals surface area contributed by atoms with E-state index < -0.39 is 11.6 Å². The number of urea groups is 1. The van der Waals surface area contributed by atoms with E-state index in [1.54, 1.807) is 6.92 Å². The molecule has 0 unspecified atom stereocenters. The monoisotopic (exact) mass is 391 g/mol. The molecule has 6 nitrogen and oxygen atoms in total. The van der Waals surface area contributed by atoms with Gasteiger partial charge in [-0.1, -0.05) is 54.6 Å². The maximum Gasteiger partial charge on any atom is 0.325 e. The van der Waals surface area contributed by atoms with E-state index in [2.05, 4.69) is 10.6 Å². The Balaban J connectivity index is 1.37. The fourth-order valence-electron chi connectivity index (χ4n) is 3.91. The topological polar surface area (TPSA) is 78.5 Å². The number of nitrogens with zero attached hydrogens (tertiary/aromatic N) is 1. The van der Waals surface area contributed by atoms with E-state index in [1.807, 2.05) is 61.5 Å². The summed E-state index contributed by atoms with van der Waals surface area (Å²) in [4.78, 5) is 38.4. The Labute approximate surface area is 170 Å². The molecule has 0 radical (unpaired) electrons. The number of hydrogen-bond acceptors (Lipinski definition) is 3. The van der Waals surface area contributed by atoms with Crippen LogP contribution in [0.2, 0.25) is 0 Å². The standard InChI is InChI=1S/C23H25N3O3/c1-15(16-8-10-18(11-9-16)17-6-4-3-5-7-17)24-20(27)14-26-21(28)23(2,19-12-13-19)25-22(26)29/h3-11,15,19H,12-14H2,1-2H3,(H,24,27)(H,25,29)/t15-,23+/m1/s1. The molecule has 150 valence electrons. The van der Waals surface area contributed by atoms with Crippen LogP contribution in [0.25, 0.3) is 11.1 Å². The van der Waals surface area contributed by atoms with Crippen molar-refractivity contribution in [2.75, 3.05) is 6.54 Å². The minimum Gasteiger partial charge on any atom is -0.348 e. The number of nitrogens with one attached hydrogen (secondary N) is 2. The van der Waals surface area contributed by atoms with Gasteiger partial charge in [0.05, 0.1) is 6.04 Å². The average molecular weight is 391 g/mol. The Morgan fingerprint density at radius 1 is 1.10 bits per heavy atom. The minimum absolute atomic E-state index is 0.175. The molecule has 4 rings (SSSR count). The van der Waals surface area contributed by atoms with E-state index >= 15 is 0 Å². The Bertz CT molecular complexity index is 938. The summed E-state index contributed by atoms with van der Waals surface area (Å²) in [5.74, 6) is -0.484. The van der Waals surface area contributed by atoms with Gasteiger partial charge < -0.3 is 10.6 Å². The molecule has 1 heterocycles. The van der Waals surface area contributed by atoms with Crippen molar-refractivity contribution >= 4 is 17.8 Å². The number of amides is 4. The summed E-state index contributed by atoms with van der Waals surface area (Å²) >= 11 is 0. The number of carbonyl (C=O) groups excluding carboxylic acids is 3. The second-order valence-electron chi connectivity index (χ2n) is 8.08. The Morgan fingerprint density at radius 2 is 1.72 bits per heavy atom. The average Bonchev–Trinajstić information content (AvgIpc) is 3.55. The zero-order valence-corrected chi connectivity index (χ0v) is 16.6. The lowest BCUT2D eigenvalue weighted by molar-refractivity contribution is -0.135. The molecule has 0 aromatic heterocycles. The van der Waals surface area contributed by atoms with Crippen LogP contribution in [0.5, 0.6) is 0 Å². The van der Waals surface area contributed by atoms with Gasteiger partial charge in [-0.2, -0.15) is 0 Å². The van der Waals surface area contributed by atoms with E-state index in [4.69, 9.17) is 0 Å². The summed E-state index contributed by atoms with van der Waals surface area (Å²) in [7, 11) is 0. The third-order valence-corrected chi connectivity index (χ3v) is 5.89. The normalized spacial score (nSPS) is 22.3. The summed E-state index contributed by atoms with van der Waals surface area (Å²) in [6.45, 7) is 3.37. The van der Waals surface area contributed by atoms with Crippen LogP contribution in [0.1, 0.15) is 38.3 Å². The highest BCUT2D eigenvalue weighted by atomic mass is 16.2. The van der Waals surface area contributed by atoms with Gasteiger partial charge >= 0.3 is 6.03 Å². The number of rotatable bonds is 6. The first kappa shape index (κ1) is 19.2. The third-order valence-electron chi connectivity index (χ3n) is 5.89. The molecule has 1 aliphatic heterocycles. The van der Waals surface area contributed by atoms with Gasteiger partial charge in [-0.05, 0) is 49.3 Å². The molecule has 1 saturated carbocycles. The summed E-state index contributed by atoms with van der Waals surface area (Å²) in [5, 5.41) is 5.64. The lowest BCUT2D eigenvalue weighted by atomic mass is 9.96. The SMILES string of the molecule is C[C@@H](NC(=O)CN1C(=O)N[C@@](C)(C2CC2)C1=O)c1ccc(-c2ccccc2)cc1. The van der Waals surface area contributed by atoms with Crippen molar-refractivity contribution < 1.29 is 14.4 Å². The maximum atomic E-state index is 12.6. The van der Waals surface area contributed by atoms with Crippen molar-refractivity contribution in [2.45, 2.75) is 38.3 Å². The number of hydrogen-bond donors (Lipinski definition) is 2. The molecule has 2 fully saturated rings. The zero-order chi connectivity index (χ0) is 20.6. The second kappa shape index (κ2) is 7.35. The van der Waals surface area contributed by atoms with Crippen LogP contribution in [-0.4, -0.2) is 34.8 Å². The van der Waals surface area contributed by atoms with E-state index in [9.17, 15) is 14.4 Å². The third kappa shape index (κ3) is 3.75. The molecule has 1 saturated heterocycles.